The van der Waals surface area contributed by atoms with Crippen LogP contribution in [-0.2, 0) is 6.54 Å². The molecule has 0 radical (unpaired) electrons. The Bertz CT molecular complexity index is 1090. The van der Waals surface area contributed by atoms with E-state index in [1.165, 1.54) is 4.70 Å². The molecule has 7 nitrogen and oxygen atoms in total. The largest absolute Gasteiger partial charge is 0.386 e. The molecule has 0 fully saturated rings. The zero-order valence-electron chi connectivity index (χ0n) is 16.7. The lowest BCUT2D eigenvalue weighted by Crippen LogP contribution is -2.39. The first-order valence-electron chi connectivity index (χ1n) is 9.87. The fraction of sp³-hybridized carbons (Fsp3) is 0.227. The number of hydrogen-bond acceptors (Lipinski definition) is 5. The number of aromatic nitrogens is 3. The molecule has 0 bridgehead atoms. The number of fused-ring (bicyclic) bond motifs is 1. The summed E-state index contributed by atoms with van der Waals surface area (Å²) in [6.45, 7) is 3.45. The van der Waals surface area contributed by atoms with Crippen molar-refractivity contribution in [1.82, 2.24) is 25.4 Å². The van der Waals surface area contributed by atoms with Crippen molar-refractivity contribution in [3.8, 4) is 5.69 Å². The summed E-state index contributed by atoms with van der Waals surface area (Å²) in [5, 5.41) is 26.4. The van der Waals surface area contributed by atoms with Crippen molar-refractivity contribution in [2.24, 2.45) is 4.99 Å². The first-order chi connectivity index (χ1) is 14.7. The molecule has 2 aromatic heterocycles. The predicted molar refractivity (Wildman–Crippen MR) is 121 cm³/mol. The third kappa shape index (κ3) is 4.67. The van der Waals surface area contributed by atoms with Crippen LogP contribution in [0.5, 0.6) is 0 Å². The number of aliphatic imine (C=N–C) groups is 1. The number of aliphatic hydroxyl groups is 1. The van der Waals surface area contributed by atoms with E-state index in [0.717, 1.165) is 28.3 Å². The van der Waals surface area contributed by atoms with Gasteiger partial charge in [0, 0.05) is 28.4 Å². The van der Waals surface area contributed by atoms with Crippen LogP contribution in [0.3, 0.4) is 0 Å². The fourth-order valence-corrected chi connectivity index (χ4v) is 4.17. The van der Waals surface area contributed by atoms with Crippen LogP contribution in [-0.4, -0.2) is 38.9 Å². The summed E-state index contributed by atoms with van der Waals surface area (Å²) in [5.41, 5.74) is 0.992. The maximum atomic E-state index is 10.6. The second-order valence-electron chi connectivity index (χ2n) is 6.73. The van der Waals surface area contributed by atoms with Crippen molar-refractivity contribution in [3.05, 3.63) is 77.7 Å². The second-order valence-corrected chi connectivity index (χ2v) is 7.85. The maximum Gasteiger partial charge on any atom is 0.191 e. The van der Waals surface area contributed by atoms with Gasteiger partial charge in [-0.3, -0.25) is 4.57 Å². The van der Waals surface area contributed by atoms with Crippen LogP contribution in [0.1, 0.15) is 23.7 Å². The first kappa shape index (κ1) is 20.1. The lowest BCUT2D eigenvalue weighted by molar-refractivity contribution is 0.184. The molecular weight excluding hydrogens is 396 g/mol. The standard InChI is InChI=1S/C22H24N6OS/c1-2-23-22(24-13-18(29)20-12-16-8-6-7-11-19(16)30-20)25-14-21-27-26-15-28(21)17-9-4-3-5-10-17/h3-12,15,18,29H,2,13-14H2,1H3,(H2,23,24,25). The quantitative estimate of drug-likeness (QED) is 0.316. The van der Waals surface area contributed by atoms with E-state index < -0.39 is 6.10 Å². The van der Waals surface area contributed by atoms with Gasteiger partial charge in [-0.2, -0.15) is 0 Å². The van der Waals surface area contributed by atoms with Gasteiger partial charge in [-0.05, 0) is 36.6 Å². The highest BCUT2D eigenvalue weighted by atomic mass is 32.1. The first-order valence-corrected chi connectivity index (χ1v) is 10.7. The van der Waals surface area contributed by atoms with E-state index in [-0.39, 0.29) is 0 Å². The van der Waals surface area contributed by atoms with Gasteiger partial charge in [0.1, 0.15) is 19.0 Å². The van der Waals surface area contributed by atoms with E-state index in [1.54, 1.807) is 17.7 Å². The zero-order valence-corrected chi connectivity index (χ0v) is 17.5. The van der Waals surface area contributed by atoms with Gasteiger partial charge in [0.25, 0.3) is 0 Å². The molecule has 0 aliphatic rings. The van der Waals surface area contributed by atoms with E-state index in [1.807, 2.05) is 60.0 Å². The Balaban J connectivity index is 1.43. The Morgan fingerprint density at radius 1 is 1.13 bits per heavy atom. The predicted octanol–water partition coefficient (Wildman–Crippen LogP) is 3.27. The van der Waals surface area contributed by atoms with Crippen molar-refractivity contribution in [2.45, 2.75) is 19.6 Å². The number of hydrogen-bond donors (Lipinski definition) is 3. The van der Waals surface area contributed by atoms with Gasteiger partial charge in [-0.25, -0.2) is 4.99 Å². The molecule has 4 rings (SSSR count). The zero-order chi connectivity index (χ0) is 20.8. The number of nitrogens with one attached hydrogen (secondary N) is 2. The Kier molecular flexibility index (Phi) is 6.36. The van der Waals surface area contributed by atoms with Crippen molar-refractivity contribution in [1.29, 1.82) is 0 Å². The Hall–Kier alpha value is -3.23. The number of aliphatic hydroxyl groups excluding tert-OH is 1. The molecule has 154 valence electrons. The normalized spacial score (nSPS) is 12.8. The highest BCUT2D eigenvalue weighted by Crippen LogP contribution is 2.29. The molecule has 0 saturated carbocycles. The van der Waals surface area contributed by atoms with Crippen LogP contribution in [0.2, 0.25) is 0 Å². The molecule has 4 aromatic rings. The van der Waals surface area contributed by atoms with E-state index in [0.29, 0.717) is 19.0 Å². The highest BCUT2D eigenvalue weighted by molar-refractivity contribution is 7.19. The van der Waals surface area contributed by atoms with Crippen LogP contribution in [0.15, 0.2) is 72.0 Å². The lowest BCUT2D eigenvalue weighted by Gasteiger charge is -2.14. The minimum atomic E-state index is -0.612. The molecule has 1 unspecified atom stereocenters. The van der Waals surface area contributed by atoms with Gasteiger partial charge in [0.05, 0.1) is 0 Å². The van der Waals surface area contributed by atoms with E-state index in [4.69, 9.17) is 0 Å². The SMILES string of the molecule is CCNC(=NCc1nncn1-c1ccccc1)NCC(O)c1cc2ccccc2s1. The van der Waals surface area contributed by atoms with Crippen molar-refractivity contribution >= 4 is 27.4 Å². The molecule has 0 aliphatic heterocycles. The maximum absolute atomic E-state index is 10.6. The summed E-state index contributed by atoms with van der Waals surface area (Å²) >= 11 is 1.61. The molecule has 0 aliphatic carbocycles. The second kappa shape index (κ2) is 9.51. The van der Waals surface area contributed by atoms with Crippen molar-refractivity contribution in [3.63, 3.8) is 0 Å². The minimum Gasteiger partial charge on any atom is -0.386 e. The average Bonchev–Trinajstić information content (AvgIpc) is 3.43. The van der Waals surface area contributed by atoms with Gasteiger partial charge in [-0.15, -0.1) is 21.5 Å². The van der Waals surface area contributed by atoms with Crippen LogP contribution < -0.4 is 10.6 Å². The van der Waals surface area contributed by atoms with E-state index in [9.17, 15) is 5.11 Å². The summed E-state index contributed by atoms with van der Waals surface area (Å²) < 4.78 is 3.09. The third-order valence-corrected chi connectivity index (χ3v) is 5.83. The number of rotatable bonds is 7. The topological polar surface area (TPSA) is 87.4 Å². The number of thiophene rings is 1. The molecule has 8 heteroatoms. The van der Waals surface area contributed by atoms with Gasteiger partial charge >= 0.3 is 0 Å². The number of nitrogens with zero attached hydrogens (tertiary/aromatic N) is 4. The molecule has 0 amide bonds. The minimum absolute atomic E-state index is 0.364. The monoisotopic (exact) mass is 420 g/mol. The van der Waals surface area contributed by atoms with Gasteiger partial charge in [0.2, 0.25) is 0 Å². The smallest absolute Gasteiger partial charge is 0.191 e. The van der Waals surface area contributed by atoms with Crippen molar-refractivity contribution < 1.29 is 5.11 Å². The molecule has 1 atom stereocenters. The molecule has 0 saturated heterocycles. The van der Waals surface area contributed by atoms with Crippen LogP contribution >= 0.6 is 11.3 Å². The average molecular weight is 421 g/mol. The molecule has 0 spiro atoms. The summed E-state index contributed by atoms with van der Waals surface area (Å²) in [7, 11) is 0. The third-order valence-electron chi connectivity index (χ3n) is 4.61. The number of guanidine groups is 1. The van der Waals surface area contributed by atoms with Gasteiger partial charge in [-0.1, -0.05) is 36.4 Å². The Labute approximate surface area is 179 Å². The van der Waals surface area contributed by atoms with Gasteiger partial charge in [0.15, 0.2) is 11.8 Å². The highest BCUT2D eigenvalue weighted by Gasteiger charge is 2.12. The van der Waals surface area contributed by atoms with Crippen LogP contribution in [0, 0.1) is 0 Å². The summed E-state index contributed by atoms with van der Waals surface area (Å²) in [6, 6.07) is 20.1. The Morgan fingerprint density at radius 3 is 2.73 bits per heavy atom. The molecular formula is C22H24N6OS. The molecule has 3 N–H and O–H groups in total. The number of benzene rings is 2. The van der Waals surface area contributed by atoms with Crippen molar-refractivity contribution in [2.75, 3.05) is 13.1 Å². The van der Waals surface area contributed by atoms with E-state index in [2.05, 4.69) is 38.0 Å². The fourth-order valence-electron chi connectivity index (χ4n) is 3.12. The molecule has 2 heterocycles. The summed E-state index contributed by atoms with van der Waals surface area (Å²) in [6.07, 6.45) is 1.07. The molecule has 30 heavy (non-hydrogen) atoms. The van der Waals surface area contributed by atoms with Crippen LogP contribution in [0.25, 0.3) is 15.8 Å². The number of para-hydroxylation sites is 1. The van der Waals surface area contributed by atoms with Crippen LogP contribution in [0.4, 0.5) is 0 Å². The molecule has 2 aromatic carbocycles. The van der Waals surface area contributed by atoms with Gasteiger partial charge < -0.3 is 15.7 Å². The Morgan fingerprint density at radius 2 is 1.93 bits per heavy atom. The van der Waals surface area contributed by atoms with E-state index >= 15 is 0 Å². The summed E-state index contributed by atoms with van der Waals surface area (Å²) in [4.78, 5) is 5.55. The summed E-state index contributed by atoms with van der Waals surface area (Å²) in [5.74, 6) is 1.36. The lowest BCUT2D eigenvalue weighted by atomic mass is 10.2.